The Bertz CT molecular complexity index is 779. The number of morpholine rings is 1. The van der Waals surface area contributed by atoms with Crippen molar-refractivity contribution in [3.05, 3.63) is 48.3 Å². The minimum absolute atomic E-state index is 0.0611. The number of aromatic nitrogens is 2. The third kappa shape index (κ3) is 4.66. The molecule has 2 aromatic rings. The van der Waals surface area contributed by atoms with Crippen molar-refractivity contribution in [3.8, 4) is 0 Å². The average Bonchev–Trinajstić information content (AvgIpc) is 2.76. The van der Waals surface area contributed by atoms with Gasteiger partial charge in [0.25, 0.3) is 0 Å². The Morgan fingerprint density at radius 3 is 2.71 bits per heavy atom. The maximum absolute atomic E-state index is 13.0. The predicted octanol–water partition coefficient (Wildman–Crippen LogP) is 2.16. The largest absolute Gasteiger partial charge is 0.379 e. The smallest absolute Gasteiger partial charge is 0.229 e. The molecular formula is C21H27N5O2. The minimum Gasteiger partial charge on any atom is -0.379 e. The number of ether oxygens (including phenoxy) is 1. The van der Waals surface area contributed by atoms with Gasteiger partial charge in [0.1, 0.15) is 0 Å². The Morgan fingerprint density at radius 2 is 1.89 bits per heavy atom. The van der Waals surface area contributed by atoms with Gasteiger partial charge in [-0.1, -0.05) is 18.2 Å². The number of carbonyl (C=O) groups is 1. The van der Waals surface area contributed by atoms with E-state index in [1.165, 1.54) is 0 Å². The molecule has 3 heterocycles. The van der Waals surface area contributed by atoms with Crippen molar-refractivity contribution in [1.29, 1.82) is 0 Å². The van der Waals surface area contributed by atoms with E-state index in [0.717, 1.165) is 63.5 Å². The highest BCUT2D eigenvalue weighted by atomic mass is 16.5. The highest BCUT2D eigenvalue weighted by Gasteiger charge is 2.27. The summed E-state index contributed by atoms with van der Waals surface area (Å²) in [6, 6.07) is 9.90. The maximum Gasteiger partial charge on any atom is 0.229 e. The van der Waals surface area contributed by atoms with E-state index in [2.05, 4.69) is 31.2 Å². The van der Waals surface area contributed by atoms with Crippen molar-refractivity contribution in [2.75, 3.05) is 49.6 Å². The SMILES string of the molecule is O=C(Nc1ccccc1CN1CCOCC1)C1CCCN(c2ncccn2)C1. The van der Waals surface area contributed by atoms with Crippen molar-refractivity contribution in [3.63, 3.8) is 0 Å². The normalized spacial score (nSPS) is 20.7. The van der Waals surface area contributed by atoms with Crippen LogP contribution in [0, 0.1) is 5.92 Å². The number of piperidine rings is 1. The first-order valence-corrected chi connectivity index (χ1v) is 10.0. The zero-order valence-electron chi connectivity index (χ0n) is 16.1. The standard InChI is InChI=1S/C21H27N5O2/c27-20(18-6-3-10-26(16-18)21-22-8-4-9-23-21)24-19-7-2-1-5-17(19)15-25-11-13-28-14-12-25/h1-2,4-5,7-9,18H,3,6,10-16H2,(H,24,27). The Labute approximate surface area is 165 Å². The highest BCUT2D eigenvalue weighted by molar-refractivity contribution is 5.93. The van der Waals surface area contributed by atoms with Gasteiger partial charge >= 0.3 is 0 Å². The number of nitrogens with one attached hydrogen (secondary N) is 1. The topological polar surface area (TPSA) is 70.6 Å². The molecule has 0 saturated carbocycles. The number of nitrogens with zero attached hydrogens (tertiary/aromatic N) is 4. The molecule has 1 N–H and O–H groups in total. The maximum atomic E-state index is 13.0. The fourth-order valence-corrected chi connectivity index (χ4v) is 3.84. The lowest BCUT2D eigenvalue weighted by Gasteiger charge is -2.32. The van der Waals surface area contributed by atoms with E-state index in [-0.39, 0.29) is 11.8 Å². The molecule has 148 valence electrons. The summed E-state index contributed by atoms with van der Waals surface area (Å²) in [5.41, 5.74) is 2.06. The molecule has 1 amide bonds. The van der Waals surface area contributed by atoms with Gasteiger partial charge in [0, 0.05) is 50.8 Å². The van der Waals surface area contributed by atoms with Crippen LogP contribution in [-0.4, -0.2) is 60.2 Å². The number of hydrogen-bond donors (Lipinski definition) is 1. The summed E-state index contributed by atoms with van der Waals surface area (Å²) in [6.45, 7) is 5.77. The van der Waals surface area contributed by atoms with Gasteiger partial charge in [-0.15, -0.1) is 0 Å². The highest BCUT2D eigenvalue weighted by Crippen LogP contribution is 2.23. The summed E-state index contributed by atoms with van der Waals surface area (Å²) in [7, 11) is 0. The monoisotopic (exact) mass is 381 g/mol. The lowest BCUT2D eigenvalue weighted by Crippen LogP contribution is -2.41. The number of hydrogen-bond acceptors (Lipinski definition) is 6. The number of carbonyl (C=O) groups excluding carboxylic acids is 1. The van der Waals surface area contributed by atoms with Crippen molar-refractivity contribution in [1.82, 2.24) is 14.9 Å². The van der Waals surface area contributed by atoms with Crippen LogP contribution in [0.3, 0.4) is 0 Å². The van der Waals surface area contributed by atoms with E-state index < -0.39 is 0 Å². The molecule has 2 aliphatic rings. The molecule has 4 rings (SSSR count). The van der Waals surface area contributed by atoms with Gasteiger partial charge in [-0.2, -0.15) is 0 Å². The Kier molecular flexibility index (Phi) is 6.14. The van der Waals surface area contributed by atoms with Crippen LogP contribution >= 0.6 is 0 Å². The molecule has 0 aliphatic carbocycles. The van der Waals surface area contributed by atoms with Gasteiger partial charge in [0.05, 0.1) is 19.1 Å². The fourth-order valence-electron chi connectivity index (χ4n) is 3.84. The lowest BCUT2D eigenvalue weighted by molar-refractivity contribution is -0.120. The predicted molar refractivity (Wildman–Crippen MR) is 108 cm³/mol. The molecule has 28 heavy (non-hydrogen) atoms. The summed E-state index contributed by atoms with van der Waals surface area (Å²) in [5.74, 6) is 0.719. The van der Waals surface area contributed by atoms with Gasteiger partial charge in [0.15, 0.2) is 0 Å². The number of para-hydroxylation sites is 1. The van der Waals surface area contributed by atoms with Crippen molar-refractivity contribution in [2.45, 2.75) is 19.4 Å². The molecule has 2 fully saturated rings. The van der Waals surface area contributed by atoms with E-state index in [0.29, 0.717) is 12.5 Å². The zero-order chi connectivity index (χ0) is 19.2. The Hall–Kier alpha value is -2.51. The van der Waals surface area contributed by atoms with Gasteiger partial charge in [-0.3, -0.25) is 9.69 Å². The average molecular weight is 381 g/mol. The van der Waals surface area contributed by atoms with Crippen LogP contribution in [-0.2, 0) is 16.1 Å². The van der Waals surface area contributed by atoms with E-state index in [1.807, 2.05) is 24.3 Å². The third-order valence-corrected chi connectivity index (χ3v) is 5.40. The van der Waals surface area contributed by atoms with Crippen LogP contribution in [0.15, 0.2) is 42.7 Å². The fraction of sp³-hybridized carbons (Fsp3) is 0.476. The summed E-state index contributed by atoms with van der Waals surface area (Å²) in [5, 5.41) is 3.18. The van der Waals surface area contributed by atoms with Crippen molar-refractivity contribution < 1.29 is 9.53 Å². The lowest BCUT2D eigenvalue weighted by atomic mass is 9.97. The first-order chi connectivity index (χ1) is 13.8. The summed E-state index contributed by atoms with van der Waals surface area (Å²) < 4.78 is 5.43. The van der Waals surface area contributed by atoms with Crippen LogP contribution in [0.4, 0.5) is 11.6 Å². The first kappa shape index (κ1) is 18.8. The van der Waals surface area contributed by atoms with E-state index in [4.69, 9.17) is 4.74 Å². The second-order valence-corrected chi connectivity index (χ2v) is 7.37. The molecule has 0 radical (unpaired) electrons. The van der Waals surface area contributed by atoms with Crippen LogP contribution in [0.25, 0.3) is 0 Å². The van der Waals surface area contributed by atoms with Crippen LogP contribution in [0.1, 0.15) is 18.4 Å². The van der Waals surface area contributed by atoms with E-state index in [9.17, 15) is 4.79 Å². The van der Waals surface area contributed by atoms with Crippen LogP contribution in [0.5, 0.6) is 0 Å². The van der Waals surface area contributed by atoms with Crippen LogP contribution in [0.2, 0.25) is 0 Å². The molecule has 1 unspecified atom stereocenters. The molecule has 1 aromatic heterocycles. The van der Waals surface area contributed by atoms with Gasteiger partial charge < -0.3 is 15.0 Å². The summed E-state index contributed by atoms with van der Waals surface area (Å²) in [6.07, 6.45) is 5.34. The minimum atomic E-state index is -0.0611. The number of anilines is 2. The molecule has 0 bridgehead atoms. The Balaban J connectivity index is 1.40. The number of rotatable bonds is 5. The molecule has 0 spiro atoms. The summed E-state index contributed by atoms with van der Waals surface area (Å²) in [4.78, 5) is 26.1. The second-order valence-electron chi connectivity index (χ2n) is 7.37. The number of amides is 1. The summed E-state index contributed by atoms with van der Waals surface area (Å²) >= 11 is 0. The van der Waals surface area contributed by atoms with Crippen LogP contribution < -0.4 is 10.2 Å². The number of benzene rings is 1. The molecule has 2 aliphatic heterocycles. The molecule has 1 atom stereocenters. The van der Waals surface area contributed by atoms with E-state index in [1.54, 1.807) is 12.4 Å². The van der Waals surface area contributed by atoms with Gasteiger partial charge in [0.2, 0.25) is 11.9 Å². The van der Waals surface area contributed by atoms with Crippen molar-refractivity contribution >= 4 is 17.5 Å². The van der Waals surface area contributed by atoms with Crippen molar-refractivity contribution in [2.24, 2.45) is 5.92 Å². The molecule has 7 heteroatoms. The second kappa shape index (κ2) is 9.12. The molecule has 7 nitrogen and oxygen atoms in total. The zero-order valence-corrected chi connectivity index (χ0v) is 16.1. The molecule has 2 saturated heterocycles. The van der Waals surface area contributed by atoms with Gasteiger partial charge in [-0.25, -0.2) is 9.97 Å². The third-order valence-electron chi connectivity index (χ3n) is 5.40. The quantitative estimate of drug-likeness (QED) is 0.856. The molecular weight excluding hydrogens is 354 g/mol. The van der Waals surface area contributed by atoms with E-state index >= 15 is 0 Å². The Morgan fingerprint density at radius 1 is 1.11 bits per heavy atom. The first-order valence-electron chi connectivity index (χ1n) is 10.0. The van der Waals surface area contributed by atoms with Gasteiger partial charge in [-0.05, 0) is 30.5 Å². The molecule has 1 aromatic carbocycles.